The first-order valence-corrected chi connectivity index (χ1v) is 10.6. The molecule has 1 saturated heterocycles. The number of hydrogen-bond donors (Lipinski definition) is 3. The van der Waals surface area contributed by atoms with Gasteiger partial charge >= 0.3 is 0 Å². The van der Waals surface area contributed by atoms with Gasteiger partial charge in [-0.3, -0.25) is 9.59 Å². The molecule has 28 heavy (non-hydrogen) atoms. The molecule has 0 spiro atoms. The molecule has 0 bridgehead atoms. The molecule has 1 aliphatic rings. The maximum atomic E-state index is 12.7. The smallest absolute Gasteiger partial charge is 0.278 e. The van der Waals surface area contributed by atoms with E-state index in [1.165, 1.54) is 16.0 Å². The lowest BCUT2D eigenvalue weighted by molar-refractivity contribution is -0.896. The highest BCUT2D eigenvalue weighted by Gasteiger charge is 2.27. The van der Waals surface area contributed by atoms with Gasteiger partial charge in [0.2, 0.25) is 0 Å². The number of likely N-dealkylation sites (N-methyl/N-ethyl adjacent to an activating group) is 1. The summed E-state index contributed by atoms with van der Waals surface area (Å²) in [6, 6.07) is 9.12. The van der Waals surface area contributed by atoms with Crippen molar-refractivity contribution in [3.8, 4) is 0 Å². The number of hydrogen-bond acceptors (Lipinski definition) is 2. The van der Waals surface area contributed by atoms with E-state index < -0.39 is 0 Å². The Morgan fingerprint density at radius 1 is 1.07 bits per heavy atom. The van der Waals surface area contributed by atoms with Gasteiger partial charge in [0, 0.05) is 18.5 Å². The fourth-order valence-electron chi connectivity index (χ4n) is 3.82. The Labute approximate surface area is 169 Å². The number of rotatable bonds is 8. The Morgan fingerprint density at radius 2 is 1.64 bits per heavy atom. The predicted molar refractivity (Wildman–Crippen MR) is 111 cm³/mol. The molecule has 6 heteroatoms. The molecule has 0 aromatic heterocycles. The van der Waals surface area contributed by atoms with Crippen molar-refractivity contribution < 1.29 is 19.8 Å². The molecule has 0 aliphatic carbocycles. The minimum atomic E-state index is 0.0615. The maximum Gasteiger partial charge on any atom is 0.278 e. The van der Waals surface area contributed by atoms with Gasteiger partial charge in [-0.05, 0) is 11.5 Å². The van der Waals surface area contributed by atoms with Gasteiger partial charge in [-0.15, -0.1) is 0 Å². The zero-order valence-corrected chi connectivity index (χ0v) is 18.1. The molecule has 0 saturated carbocycles. The molecule has 2 amide bonds. The van der Waals surface area contributed by atoms with Crippen LogP contribution in [0.1, 0.15) is 50.8 Å². The number of carbonyl (C=O) groups is 2. The van der Waals surface area contributed by atoms with Crippen LogP contribution >= 0.6 is 0 Å². The normalized spacial score (nSPS) is 16.5. The summed E-state index contributed by atoms with van der Waals surface area (Å²) in [6.07, 6.45) is 0. The summed E-state index contributed by atoms with van der Waals surface area (Å²) in [6.45, 7) is 12.9. The standard InChI is InChI=1S/C22H36N4O2/c1-16(2)18-6-8-19(9-7-18)22(17(3)4)24-14-21(28)26-12-10-25(11-13-26)15-20(27)23-5/h6-9,16-17,22,24H,10-15H2,1-5H3,(H,23,27)/p+2/t22-/m1/s1. The van der Waals surface area contributed by atoms with Crippen LogP contribution in [-0.2, 0) is 9.59 Å². The van der Waals surface area contributed by atoms with E-state index in [4.69, 9.17) is 0 Å². The van der Waals surface area contributed by atoms with Crippen molar-refractivity contribution in [2.24, 2.45) is 5.92 Å². The molecule has 4 N–H and O–H groups in total. The molecule has 2 rings (SSSR count). The van der Waals surface area contributed by atoms with E-state index in [9.17, 15) is 9.59 Å². The third-order valence-corrected chi connectivity index (χ3v) is 5.77. The summed E-state index contributed by atoms with van der Waals surface area (Å²) < 4.78 is 0. The SMILES string of the molecule is CNC(=O)C[NH+]1CCN(C(=O)C[NH2+][C@@H](c2ccc(C(C)C)cc2)C(C)C)CC1. The van der Waals surface area contributed by atoms with Crippen molar-refractivity contribution in [1.29, 1.82) is 0 Å². The highest BCUT2D eigenvalue weighted by Crippen LogP contribution is 2.21. The first-order valence-electron chi connectivity index (χ1n) is 10.6. The second-order valence-electron chi connectivity index (χ2n) is 8.51. The number of quaternary nitrogens is 2. The first kappa shape index (κ1) is 22.4. The van der Waals surface area contributed by atoms with Crippen LogP contribution in [0.2, 0.25) is 0 Å². The van der Waals surface area contributed by atoms with Gasteiger partial charge in [0.05, 0.1) is 26.2 Å². The molecule has 1 aromatic carbocycles. The summed E-state index contributed by atoms with van der Waals surface area (Å²) >= 11 is 0. The van der Waals surface area contributed by atoms with Gasteiger partial charge in [0.1, 0.15) is 6.04 Å². The monoisotopic (exact) mass is 390 g/mol. The molecule has 0 radical (unpaired) electrons. The summed E-state index contributed by atoms with van der Waals surface area (Å²) in [4.78, 5) is 27.4. The Morgan fingerprint density at radius 3 is 2.14 bits per heavy atom. The van der Waals surface area contributed by atoms with E-state index in [1.54, 1.807) is 7.05 Å². The highest BCUT2D eigenvalue weighted by atomic mass is 16.2. The molecule has 6 nitrogen and oxygen atoms in total. The third kappa shape index (κ3) is 6.31. The fourth-order valence-corrected chi connectivity index (χ4v) is 3.82. The zero-order valence-electron chi connectivity index (χ0n) is 18.1. The van der Waals surface area contributed by atoms with E-state index in [0.29, 0.717) is 24.9 Å². The number of piperazine rings is 1. The first-order chi connectivity index (χ1) is 13.3. The van der Waals surface area contributed by atoms with Crippen LogP contribution in [0.15, 0.2) is 24.3 Å². The topological polar surface area (TPSA) is 70.5 Å². The number of amides is 2. The molecule has 1 atom stereocenters. The van der Waals surface area contributed by atoms with E-state index in [-0.39, 0.29) is 17.9 Å². The third-order valence-electron chi connectivity index (χ3n) is 5.77. The van der Waals surface area contributed by atoms with Crippen LogP contribution in [0.3, 0.4) is 0 Å². The van der Waals surface area contributed by atoms with E-state index in [0.717, 1.165) is 26.2 Å². The van der Waals surface area contributed by atoms with Crippen LogP contribution in [0.5, 0.6) is 0 Å². The number of carbonyl (C=O) groups excluding carboxylic acids is 2. The predicted octanol–water partition coefficient (Wildman–Crippen LogP) is -0.456. The zero-order chi connectivity index (χ0) is 20.7. The second-order valence-corrected chi connectivity index (χ2v) is 8.51. The van der Waals surface area contributed by atoms with Crippen molar-refractivity contribution in [3.05, 3.63) is 35.4 Å². The van der Waals surface area contributed by atoms with Crippen molar-refractivity contribution in [3.63, 3.8) is 0 Å². The fraction of sp³-hybridized carbons (Fsp3) is 0.636. The van der Waals surface area contributed by atoms with E-state index in [1.807, 2.05) is 4.90 Å². The highest BCUT2D eigenvalue weighted by molar-refractivity contribution is 5.77. The lowest BCUT2D eigenvalue weighted by atomic mass is 9.93. The van der Waals surface area contributed by atoms with Crippen LogP contribution in [0.4, 0.5) is 0 Å². The van der Waals surface area contributed by atoms with Gasteiger partial charge in [-0.2, -0.15) is 0 Å². The molecule has 0 unspecified atom stereocenters. The average Bonchev–Trinajstić information content (AvgIpc) is 2.68. The minimum Gasteiger partial charge on any atom is -0.354 e. The summed E-state index contributed by atoms with van der Waals surface area (Å²) in [5, 5.41) is 4.85. The quantitative estimate of drug-likeness (QED) is 0.562. The van der Waals surface area contributed by atoms with Gasteiger partial charge in [0.25, 0.3) is 11.8 Å². The Bertz CT molecular complexity index is 634. The van der Waals surface area contributed by atoms with Crippen LogP contribution in [0, 0.1) is 5.92 Å². The molecule has 1 aliphatic heterocycles. The Kier molecular flexibility index (Phi) is 8.45. The van der Waals surface area contributed by atoms with Crippen LogP contribution in [0.25, 0.3) is 0 Å². The second kappa shape index (κ2) is 10.6. The maximum absolute atomic E-state index is 12.7. The number of benzene rings is 1. The van der Waals surface area contributed by atoms with Gasteiger partial charge in [0.15, 0.2) is 13.1 Å². The van der Waals surface area contributed by atoms with Gasteiger partial charge in [-0.25, -0.2) is 0 Å². The van der Waals surface area contributed by atoms with Crippen molar-refractivity contribution in [2.75, 3.05) is 46.3 Å². The van der Waals surface area contributed by atoms with Crippen molar-refractivity contribution in [2.45, 2.75) is 39.7 Å². The summed E-state index contributed by atoms with van der Waals surface area (Å²) in [5.41, 5.74) is 2.63. The molecule has 1 aromatic rings. The lowest BCUT2D eigenvalue weighted by Crippen LogP contribution is -3.16. The molecular weight excluding hydrogens is 352 g/mol. The number of nitrogens with zero attached hydrogens (tertiary/aromatic N) is 1. The van der Waals surface area contributed by atoms with Crippen LogP contribution in [-0.4, -0.2) is 63.0 Å². The van der Waals surface area contributed by atoms with Crippen molar-refractivity contribution >= 4 is 11.8 Å². The van der Waals surface area contributed by atoms with Crippen molar-refractivity contribution in [1.82, 2.24) is 10.2 Å². The Hall–Kier alpha value is -1.92. The molecule has 156 valence electrons. The minimum absolute atomic E-state index is 0.0615. The number of nitrogens with two attached hydrogens (primary N) is 1. The molecular formula is C22H38N4O2+2. The summed E-state index contributed by atoms with van der Waals surface area (Å²) in [5.74, 6) is 1.24. The van der Waals surface area contributed by atoms with Gasteiger partial charge in [-0.1, -0.05) is 52.0 Å². The largest absolute Gasteiger partial charge is 0.354 e. The Balaban J connectivity index is 1.86. The van der Waals surface area contributed by atoms with E-state index in [2.05, 4.69) is 62.6 Å². The summed E-state index contributed by atoms with van der Waals surface area (Å²) in [7, 11) is 1.67. The van der Waals surface area contributed by atoms with Gasteiger partial charge < -0.3 is 20.4 Å². The number of nitrogens with one attached hydrogen (secondary N) is 2. The lowest BCUT2D eigenvalue weighted by Gasteiger charge is -2.31. The molecule has 1 fully saturated rings. The average molecular weight is 391 g/mol. The van der Waals surface area contributed by atoms with E-state index >= 15 is 0 Å². The van der Waals surface area contributed by atoms with Crippen LogP contribution < -0.4 is 15.5 Å². The molecule has 1 heterocycles.